The first kappa shape index (κ1) is 39.0. The second-order valence-electron chi connectivity index (χ2n) is 12.4. The third-order valence-corrected chi connectivity index (χ3v) is 6.15. The van der Waals surface area contributed by atoms with Gasteiger partial charge in [-0.05, 0) is 47.1 Å². The van der Waals surface area contributed by atoms with E-state index in [0.29, 0.717) is 25.9 Å². The summed E-state index contributed by atoms with van der Waals surface area (Å²) in [5, 5.41) is 9.18. The number of benzene rings is 1. The zero-order chi connectivity index (χ0) is 32.9. The van der Waals surface area contributed by atoms with Gasteiger partial charge in [-0.1, -0.05) is 30.3 Å². The van der Waals surface area contributed by atoms with Gasteiger partial charge in [0.05, 0.1) is 30.7 Å². The summed E-state index contributed by atoms with van der Waals surface area (Å²) in [5.74, 6) is -1.33. The number of cyclic esters (lactones) is 2. The van der Waals surface area contributed by atoms with Gasteiger partial charge >= 0.3 is 28.8 Å². The maximum atomic E-state index is 11.9. The quantitative estimate of drug-likeness (QED) is 0.213. The van der Waals surface area contributed by atoms with Gasteiger partial charge in [-0.25, -0.2) is 0 Å². The van der Waals surface area contributed by atoms with Crippen molar-refractivity contribution in [2.45, 2.75) is 85.0 Å². The van der Waals surface area contributed by atoms with E-state index in [0.717, 1.165) is 5.56 Å². The molecule has 0 amide bonds. The van der Waals surface area contributed by atoms with Crippen LogP contribution in [0, 0.1) is 10.8 Å². The molecular formula is C29H42BCl3O10. The summed E-state index contributed by atoms with van der Waals surface area (Å²) in [4.78, 5) is 45.2. The first-order valence-corrected chi connectivity index (χ1v) is 15.1. The maximum Gasteiger partial charge on any atom is 0.450 e. The fourth-order valence-electron chi connectivity index (χ4n) is 3.61. The Morgan fingerprint density at radius 2 is 1.23 bits per heavy atom. The van der Waals surface area contributed by atoms with E-state index in [4.69, 9.17) is 58.1 Å². The predicted octanol–water partition coefficient (Wildman–Crippen LogP) is 5.20. The number of esters is 4. The van der Waals surface area contributed by atoms with Crippen molar-refractivity contribution in [2.24, 2.45) is 10.8 Å². The smallest absolute Gasteiger partial charge is 0.450 e. The van der Waals surface area contributed by atoms with Gasteiger partial charge in [0.25, 0.3) is 0 Å². The lowest BCUT2D eigenvalue weighted by atomic mass is 9.97. The third kappa shape index (κ3) is 15.0. The summed E-state index contributed by atoms with van der Waals surface area (Å²) in [6, 6.07) is 9.75. The Balaban J connectivity index is 0.000000402. The molecule has 2 atom stereocenters. The van der Waals surface area contributed by atoms with Crippen molar-refractivity contribution in [1.29, 1.82) is 0 Å². The second kappa shape index (κ2) is 17.4. The average molecular weight is 668 g/mol. The van der Waals surface area contributed by atoms with Crippen molar-refractivity contribution in [3.8, 4) is 0 Å². The van der Waals surface area contributed by atoms with Crippen LogP contribution in [0.25, 0.3) is 0 Å². The Morgan fingerprint density at radius 3 is 1.60 bits per heavy atom. The lowest BCUT2D eigenvalue weighted by molar-refractivity contribution is -0.174. The summed E-state index contributed by atoms with van der Waals surface area (Å²) in [6.07, 6.45) is 1.47. The highest BCUT2D eigenvalue weighted by Gasteiger charge is 2.43. The van der Waals surface area contributed by atoms with Crippen molar-refractivity contribution in [2.75, 3.05) is 26.4 Å². The number of hydrogen-bond donors (Lipinski definition) is 1. The Labute approximate surface area is 268 Å². The molecule has 10 nitrogen and oxygen atoms in total. The minimum Gasteiger partial charge on any atom is -0.461 e. The van der Waals surface area contributed by atoms with Crippen molar-refractivity contribution in [1.82, 2.24) is 0 Å². The van der Waals surface area contributed by atoms with Crippen molar-refractivity contribution in [3.63, 3.8) is 0 Å². The van der Waals surface area contributed by atoms with Gasteiger partial charge in [-0.3, -0.25) is 19.2 Å². The molecule has 0 saturated carbocycles. The van der Waals surface area contributed by atoms with Crippen LogP contribution >= 0.6 is 34.4 Å². The molecule has 1 aromatic rings. The van der Waals surface area contributed by atoms with Crippen LogP contribution in [0.3, 0.4) is 0 Å². The number of ether oxygens (including phenoxy) is 5. The number of carbonyl (C=O) groups excluding carboxylic acids is 4. The van der Waals surface area contributed by atoms with E-state index in [9.17, 15) is 24.3 Å². The monoisotopic (exact) mass is 666 g/mol. The molecule has 2 unspecified atom stereocenters. The van der Waals surface area contributed by atoms with Crippen molar-refractivity contribution in [3.05, 3.63) is 35.9 Å². The fraction of sp³-hybridized carbons (Fsp3) is 0.655. The SMILES string of the molecule is CC(C)(C)C(=O)OCC1(CO)CCC(=O)O1.CC(C)(C)C(=O)OCC1(COCc2ccccc2)CCC(=O)O1.ClB(Cl)Cl. The molecule has 0 spiro atoms. The Kier molecular flexibility index (Phi) is 15.8. The molecule has 2 heterocycles. The zero-order valence-electron chi connectivity index (χ0n) is 25.6. The molecule has 2 saturated heterocycles. The largest absolute Gasteiger partial charge is 0.461 e. The molecular weight excluding hydrogens is 625 g/mol. The molecule has 1 aromatic carbocycles. The highest BCUT2D eigenvalue weighted by molar-refractivity contribution is 7.54. The molecule has 2 aliphatic heterocycles. The van der Waals surface area contributed by atoms with Crippen LogP contribution in [0.15, 0.2) is 30.3 Å². The molecule has 3 rings (SSSR count). The summed E-state index contributed by atoms with van der Waals surface area (Å²) in [7, 11) is 0. The zero-order valence-corrected chi connectivity index (χ0v) is 27.9. The summed E-state index contributed by atoms with van der Waals surface area (Å²) < 4.78 is 26.5. The fourth-order valence-corrected chi connectivity index (χ4v) is 3.61. The van der Waals surface area contributed by atoms with Crippen molar-refractivity contribution >= 4 is 63.2 Å². The second-order valence-corrected chi connectivity index (χ2v) is 14.3. The topological polar surface area (TPSA) is 135 Å². The van der Waals surface area contributed by atoms with E-state index in [1.807, 2.05) is 30.3 Å². The average Bonchev–Trinajstić information content (AvgIpc) is 3.48. The molecule has 14 heteroatoms. The molecule has 0 radical (unpaired) electrons. The normalized spacial score (nSPS) is 21.3. The lowest BCUT2D eigenvalue weighted by Crippen LogP contribution is -2.41. The van der Waals surface area contributed by atoms with Crippen LogP contribution < -0.4 is 0 Å². The standard InChI is InChI=1S/C18H24O5.C11H18O5.BCl3/c1-17(2,3)16(20)22-13-18(10-9-15(19)23-18)12-21-11-14-7-5-4-6-8-14;1-10(2,3)9(14)15-7-11(6-12)5-4-8(13)16-11;2-1(3)4/h4-8H,9-13H2,1-3H3;12H,4-7H2,1-3H3;. The molecule has 0 aromatic heterocycles. The Morgan fingerprint density at radius 1 is 0.814 bits per heavy atom. The predicted molar refractivity (Wildman–Crippen MR) is 163 cm³/mol. The summed E-state index contributed by atoms with van der Waals surface area (Å²) in [5.41, 5.74) is -2.04. The van der Waals surface area contributed by atoms with Gasteiger partial charge < -0.3 is 28.8 Å². The van der Waals surface area contributed by atoms with Crippen LogP contribution in [0.2, 0.25) is 0 Å². The van der Waals surface area contributed by atoms with E-state index in [1.165, 1.54) is 0 Å². The molecule has 2 fully saturated rings. The first-order chi connectivity index (χ1) is 19.8. The van der Waals surface area contributed by atoms with Crippen molar-refractivity contribution < 1.29 is 48.0 Å². The maximum absolute atomic E-state index is 11.9. The van der Waals surface area contributed by atoms with Gasteiger partial charge in [0, 0.05) is 25.7 Å². The number of carbonyl (C=O) groups is 4. The van der Waals surface area contributed by atoms with E-state index in [2.05, 4.69) is 0 Å². The lowest BCUT2D eigenvalue weighted by Gasteiger charge is -2.28. The van der Waals surface area contributed by atoms with Crippen LogP contribution in [0.4, 0.5) is 0 Å². The van der Waals surface area contributed by atoms with E-state index >= 15 is 0 Å². The number of aliphatic hydroxyl groups is 1. The van der Waals surface area contributed by atoms with Crippen LogP contribution in [0.1, 0.15) is 72.8 Å². The summed E-state index contributed by atoms with van der Waals surface area (Å²) in [6.45, 7) is 10.8. The van der Waals surface area contributed by atoms with Gasteiger partial charge in [0.15, 0.2) is 11.2 Å². The number of rotatable bonds is 9. The number of hydrogen-bond acceptors (Lipinski definition) is 10. The number of halogens is 3. The van der Waals surface area contributed by atoms with Gasteiger partial charge in [-0.15, -0.1) is 0 Å². The van der Waals surface area contributed by atoms with E-state index in [1.54, 1.807) is 41.5 Å². The molecule has 0 bridgehead atoms. The van der Waals surface area contributed by atoms with E-state index < -0.39 is 27.0 Å². The highest BCUT2D eigenvalue weighted by Crippen LogP contribution is 2.30. The highest BCUT2D eigenvalue weighted by atomic mass is 35.6. The summed E-state index contributed by atoms with van der Waals surface area (Å²) >= 11 is 14.4. The van der Waals surface area contributed by atoms with Crippen LogP contribution in [-0.2, 0) is 49.5 Å². The molecule has 0 aliphatic carbocycles. The Bertz CT molecular complexity index is 1060. The van der Waals surface area contributed by atoms with E-state index in [-0.39, 0.29) is 56.7 Å². The Hall–Kier alpha value is -2.05. The molecule has 43 heavy (non-hydrogen) atoms. The molecule has 242 valence electrons. The minimum atomic E-state index is -1.03. The van der Waals surface area contributed by atoms with Crippen LogP contribution in [0.5, 0.6) is 0 Å². The first-order valence-electron chi connectivity index (χ1n) is 13.8. The number of aliphatic hydroxyl groups excluding tert-OH is 1. The van der Waals surface area contributed by atoms with Gasteiger partial charge in [-0.2, -0.15) is 34.4 Å². The minimum absolute atomic E-state index is 0.0314. The third-order valence-electron chi connectivity index (χ3n) is 6.15. The van der Waals surface area contributed by atoms with Gasteiger partial charge in [0.2, 0.25) is 0 Å². The molecule has 2 aliphatic rings. The molecule has 1 N–H and O–H groups in total. The van der Waals surface area contributed by atoms with Crippen LogP contribution in [-0.4, -0.2) is 71.6 Å². The van der Waals surface area contributed by atoms with Gasteiger partial charge in [0.1, 0.15) is 13.2 Å².